The van der Waals surface area contributed by atoms with Gasteiger partial charge in [0.05, 0.1) is 0 Å². The van der Waals surface area contributed by atoms with E-state index in [0.29, 0.717) is 24.0 Å². The summed E-state index contributed by atoms with van der Waals surface area (Å²) >= 11 is 0. The van der Waals surface area contributed by atoms with Crippen molar-refractivity contribution in [1.82, 2.24) is 10.6 Å². The standard InChI is InChI=1S/C11H24O.C5H12N2/c1-5-11(3,4)8-6-7-10(2)9-12;1-5-4-6-2-3-7-5/h10,12H,5-9H2,1-4H3;5-7H,2-4H2,1H3. The summed E-state index contributed by atoms with van der Waals surface area (Å²) in [6, 6.07) is 0.675. The molecule has 3 nitrogen and oxygen atoms in total. The van der Waals surface area contributed by atoms with Gasteiger partial charge in [-0.15, -0.1) is 0 Å². The van der Waals surface area contributed by atoms with E-state index in [1.165, 1.54) is 25.7 Å². The van der Waals surface area contributed by atoms with Gasteiger partial charge in [0.2, 0.25) is 0 Å². The topological polar surface area (TPSA) is 44.3 Å². The summed E-state index contributed by atoms with van der Waals surface area (Å²) in [5, 5.41) is 15.4. The van der Waals surface area contributed by atoms with Gasteiger partial charge in [-0.3, -0.25) is 0 Å². The first-order chi connectivity index (χ1) is 8.91. The van der Waals surface area contributed by atoms with E-state index < -0.39 is 0 Å². The first kappa shape index (κ1) is 18.9. The molecule has 116 valence electrons. The van der Waals surface area contributed by atoms with Gasteiger partial charge in [-0.25, -0.2) is 0 Å². The van der Waals surface area contributed by atoms with Crippen LogP contribution < -0.4 is 10.6 Å². The summed E-state index contributed by atoms with van der Waals surface area (Å²) in [6.07, 6.45) is 4.96. The number of aliphatic hydroxyl groups is 1. The first-order valence-corrected chi connectivity index (χ1v) is 7.96. The van der Waals surface area contributed by atoms with Crippen LogP contribution in [0, 0.1) is 11.3 Å². The molecule has 0 aliphatic carbocycles. The minimum Gasteiger partial charge on any atom is -0.396 e. The van der Waals surface area contributed by atoms with Crippen molar-refractivity contribution in [3.8, 4) is 0 Å². The maximum absolute atomic E-state index is 8.82. The van der Waals surface area contributed by atoms with E-state index in [-0.39, 0.29) is 0 Å². The highest BCUT2D eigenvalue weighted by atomic mass is 16.3. The van der Waals surface area contributed by atoms with Crippen molar-refractivity contribution in [3.05, 3.63) is 0 Å². The van der Waals surface area contributed by atoms with Crippen LogP contribution in [0.3, 0.4) is 0 Å². The number of aliphatic hydroxyl groups excluding tert-OH is 1. The van der Waals surface area contributed by atoms with Crippen molar-refractivity contribution in [2.24, 2.45) is 11.3 Å². The van der Waals surface area contributed by atoms with Crippen molar-refractivity contribution >= 4 is 0 Å². The molecule has 0 spiro atoms. The van der Waals surface area contributed by atoms with Crippen LogP contribution in [0.25, 0.3) is 0 Å². The fraction of sp³-hybridized carbons (Fsp3) is 1.00. The zero-order valence-corrected chi connectivity index (χ0v) is 13.8. The number of rotatable bonds is 6. The van der Waals surface area contributed by atoms with E-state index in [1.807, 2.05) is 0 Å². The molecule has 2 unspecified atom stereocenters. The number of nitrogens with one attached hydrogen (secondary N) is 2. The van der Waals surface area contributed by atoms with E-state index >= 15 is 0 Å². The summed E-state index contributed by atoms with van der Waals surface area (Å²) in [6.45, 7) is 14.9. The second-order valence-corrected chi connectivity index (χ2v) is 6.76. The Hall–Kier alpha value is -0.120. The zero-order chi connectivity index (χ0) is 14.7. The van der Waals surface area contributed by atoms with E-state index in [1.54, 1.807) is 0 Å². The molecule has 0 bridgehead atoms. The molecule has 0 aromatic carbocycles. The summed E-state index contributed by atoms with van der Waals surface area (Å²) in [5.74, 6) is 0.484. The van der Waals surface area contributed by atoms with Crippen molar-refractivity contribution in [1.29, 1.82) is 0 Å². The molecule has 3 N–H and O–H groups in total. The second-order valence-electron chi connectivity index (χ2n) is 6.76. The molecule has 1 heterocycles. The van der Waals surface area contributed by atoms with Crippen LogP contribution in [0.2, 0.25) is 0 Å². The van der Waals surface area contributed by atoms with Crippen molar-refractivity contribution in [3.63, 3.8) is 0 Å². The molecular formula is C16H36N2O. The predicted molar refractivity (Wildman–Crippen MR) is 84.5 cm³/mol. The Labute approximate surface area is 120 Å². The predicted octanol–water partition coefficient (Wildman–Crippen LogP) is 2.79. The Morgan fingerprint density at radius 3 is 2.37 bits per heavy atom. The molecule has 0 aromatic heterocycles. The third-order valence-electron chi connectivity index (χ3n) is 4.06. The molecule has 3 heteroatoms. The van der Waals surface area contributed by atoms with Crippen LogP contribution >= 0.6 is 0 Å². The van der Waals surface area contributed by atoms with Crippen LogP contribution in [-0.2, 0) is 0 Å². The van der Waals surface area contributed by atoms with Gasteiger partial charge in [-0.2, -0.15) is 0 Å². The minimum atomic E-state index is 0.340. The number of hydrogen-bond donors (Lipinski definition) is 3. The first-order valence-electron chi connectivity index (χ1n) is 7.96. The summed E-state index contributed by atoms with van der Waals surface area (Å²) in [5.41, 5.74) is 0.495. The lowest BCUT2D eigenvalue weighted by Gasteiger charge is -2.22. The smallest absolute Gasteiger partial charge is 0.0456 e. The van der Waals surface area contributed by atoms with Gasteiger partial charge in [-0.1, -0.05) is 40.5 Å². The van der Waals surface area contributed by atoms with Crippen molar-refractivity contribution < 1.29 is 5.11 Å². The quantitative estimate of drug-likeness (QED) is 0.696. The van der Waals surface area contributed by atoms with Crippen LogP contribution in [-0.4, -0.2) is 37.4 Å². The Kier molecular flexibility index (Phi) is 10.6. The third kappa shape index (κ3) is 11.4. The molecule has 0 aromatic rings. The number of hydrogen-bond acceptors (Lipinski definition) is 3. The van der Waals surface area contributed by atoms with Gasteiger partial charge < -0.3 is 15.7 Å². The lowest BCUT2D eigenvalue weighted by atomic mass is 9.84. The summed E-state index contributed by atoms with van der Waals surface area (Å²) in [7, 11) is 0. The van der Waals surface area contributed by atoms with Crippen LogP contribution in [0.1, 0.15) is 60.3 Å². The molecule has 1 aliphatic heterocycles. The summed E-state index contributed by atoms with van der Waals surface area (Å²) in [4.78, 5) is 0. The molecule has 1 rings (SSSR count). The van der Waals surface area contributed by atoms with Gasteiger partial charge in [0, 0.05) is 32.3 Å². The fourth-order valence-corrected chi connectivity index (χ4v) is 1.99. The fourth-order valence-electron chi connectivity index (χ4n) is 1.99. The highest BCUT2D eigenvalue weighted by Gasteiger charge is 2.14. The molecule has 1 fully saturated rings. The Bertz CT molecular complexity index is 201. The molecule has 2 atom stereocenters. The highest BCUT2D eigenvalue weighted by Crippen LogP contribution is 2.27. The highest BCUT2D eigenvalue weighted by molar-refractivity contribution is 4.69. The monoisotopic (exact) mass is 272 g/mol. The molecule has 19 heavy (non-hydrogen) atoms. The van der Waals surface area contributed by atoms with E-state index in [0.717, 1.165) is 19.6 Å². The molecule has 0 radical (unpaired) electrons. The van der Waals surface area contributed by atoms with E-state index in [9.17, 15) is 0 Å². The van der Waals surface area contributed by atoms with Gasteiger partial charge in [0.25, 0.3) is 0 Å². The molecule has 1 saturated heterocycles. The maximum atomic E-state index is 8.82. The third-order valence-corrected chi connectivity index (χ3v) is 4.06. The average Bonchev–Trinajstić information content (AvgIpc) is 2.40. The van der Waals surface area contributed by atoms with Crippen LogP contribution in [0.15, 0.2) is 0 Å². The summed E-state index contributed by atoms with van der Waals surface area (Å²) < 4.78 is 0. The van der Waals surface area contributed by atoms with E-state index in [2.05, 4.69) is 45.3 Å². The van der Waals surface area contributed by atoms with Crippen LogP contribution in [0.4, 0.5) is 0 Å². The minimum absolute atomic E-state index is 0.340. The van der Waals surface area contributed by atoms with Gasteiger partial charge in [0.1, 0.15) is 0 Å². The molecule has 1 aliphatic rings. The van der Waals surface area contributed by atoms with E-state index in [4.69, 9.17) is 5.11 Å². The van der Waals surface area contributed by atoms with Gasteiger partial charge in [-0.05, 0) is 31.1 Å². The SMILES string of the molecule is CC1CNCCN1.CCC(C)(C)CCCC(C)CO. The normalized spacial score (nSPS) is 21.5. The zero-order valence-electron chi connectivity index (χ0n) is 13.8. The van der Waals surface area contributed by atoms with Crippen LogP contribution in [0.5, 0.6) is 0 Å². The Balaban J connectivity index is 0.000000388. The molecule has 0 saturated carbocycles. The number of piperazine rings is 1. The van der Waals surface area contributed by atoms with Crippen molar-refractivity contribution in [2.75, 3.05) is 26.2 Å². The molecule has 0 amide bonds. The molecular weight excluding hydrogens is 236 g/mol. The second kappa shape index (κ2) is 10.6. The Morgan fingerprint density at radius 2 is 2.00 bits per heavy atom. The lowest BCUT2D eigenvalue weighted by Crippen LogP contribution is -2.46. The van der Waals surface area contributed by atoms with Gasteiger partial charge in [0.15, 0.2) is 0 Å². The van der Waals surface area contributed by atoms with Gasteiger partial charge >= 0.3 is 0 Å². The Morgan fingerprint density at radius 1 is 1.32 bits per heavy atom. The maximum Gasteiger partial charge on any atom is 0.0456 e. The van der Waals surface area contributed by atoms with Crippen molar-refractivity contribution in [2.45, 2.75) is 66.3 Å². The average molecular weight is 272 g/mol. The lowest BCUT2D eigenvalue weighted by molar-refractivity contribution is 0.217. The largest absolute Gasteiger partial charge is 0.396 e.